The molecule has 1 heterocycles. The Hall–Kier alpha value is -3.87. The van der Waals surface area contributed by atoms with Crippen molar-refractivity contribution in [1.29, 1.82) is 0 Å². The fourth-order valence-corrected chi connectivity index (χ4v) is 4.09. The quantitative estimate of drug-likeness (QED) is 0.373. The predicted molar refractivity (Wildman–Crippen MR) is 148 cm³/mol. The summed E-state index contributed by atoms with van der Waals surface area (Å²) >= 11 is 0. The number of benzene rings is 2. The maximum atomic E-state index is 13.5. The van der Waals surface area contributed by atoms with Gasteiger partial charge in [-0.3, -0.25) is 14.4 Å². The fraction of sp³-hybridized carbons (Fsp3) is 0.387. The number of hydrogen-bond acceptors (Lipinski definition) is 5. The Morgan fingerprint density at radius 3 is 1.92 bits per heavy atom. The minimum atomic E-state index is -0.975. The van der Waals surface area contributed by atoms with Gasteiger partial charge in [-0.05, 0) is 49.4 Å². The van der Waals surface area contributed by atoms with Crippen LogP contribution in [0.2, 0.25) is 0 Å². The lowest BCUT2D eigenvalue weighted by molar-refractivity contribution is -0.156. The number of nitrogens with one attached hydrogen (secondary N) is 2. The molecule has 0 bridgehead atoms. The maximum absolute atomic E-state index is 13.5. The van der Waals surface area contributed by atoms with E-state index in [9.17, 15) is 14.4 Å². The summed E-state index contributed by atoms with van der Waals surface area (Å²) in [6.45, 7) is 10.9. The van der Waals surface area contributed by atoms with Crippen molar-refractivity contribution in [2.45, 2.75) is 65.5 Å². The summed E-state index contributed by atoms with van der Waals surface area (Å²) in [6, 6.07) is 20.6. The number of likely N-dealkylation sites (N-methyl/N-ethyl adjacent to an activating group) is 1. The highest BCUT2D eigenvalue weighted by atomic mass is 16.6. The summed E-state index contributed by atoms with van der Waals surface area (Å²) in [5.41, 5.74) is 1.76. The third kappa shape index (κ3) is 7.57. The van der Waals surface area contributed by atoms with E-state index < -0.39 is 34.9 Å². The largest absolute Gasteiger partial charge is 0.460 e. The first-order valence-corrected chi connectivity index (χ1v) is 12.8. The molecule has 0 aliphatic rings. The standard InChI is InChI=1S/C31H38N2O5/c1-30(2,3)27(29(36)32-7)33-28(35)23(19-26(34)38-31(4,5)6)25-18-17-24(37-25)22-15-13-21(14-16-22)20-11-9-8-10-12-20/h8-18,23,27H,19H2,1-7H3,(H,32,36)(H,33,35)/t23?,27-/m1/s1. The van der Waals surface area contributed by atoms with Crippen LogP contribution in [0.15, 0.2) is 71.1 Å². The van der Waals surface area contributed by atoms with E-state index in [0.29, 0.717) is 11.5 Å². The molecule has 0 saturated heterocycles. The highest BCUT2D eigenvalue weighted by molar-refractivity contribution is 5.92. The van der Waals surface area contributed by atoms with Crippen LogP contribution in [-0.4, -0.2) is 36.5 Å². The average molecular weight is 519 g/mol. The van der Waals surface area contributed by atoms with Crippen molar-refractivity contribution in [3.8, 4) is 22.5 Å². The van der Waals surface area contributed by atoms with Crippen molar-refractivity contribution in [3.05, 3.63) is 72.5 Å². The van der Waals surface area contributed by atoms with Crippen LogP contribution < -0.4 is 10.6 Å². The van der Waals surface area contributed by atoms with Gasteiger partial charge in [0, 0.05) is 12.6 Å². The minimum Gasteiger partial charge on any atom is -0.460 e. The van der Waals surface area contributed by atoms with Crippen LogP contribution in [0.3, 0.4) is 0 Å². The number of carbonyl (C=O) groups is 3. The van der Waals surface area contributed by atoms with Gasteiger partial charge in [0.05, 0.1) is 6.42 Å². The fourth-order valence-electron chi connectivity index (χ4n) is 4.09. The Labute approximate surface area is 225 Å². The van der Waals surface area contributed by atoms with Crippen LogP contribution in [0.25, 0.3) is 22.5 Å². The first-order chi connectivity index (χ1) is 17.8. The van der Waals surface area contributed by atoms with Crippen molar-refractivity contribution in [3.63, 3.8) is 0 Å². The molecule has 2 aromatic carbocycles. The highest BCUT2D eigenvalue weighted by Gasteiger charge is 2.36. The molecule has 2 amide bonds. The Bertz CT molecular complexity index is 1250. The number of rotatable bonds is 8. The molecule has 7 nitrogen and oxygen atoms in total. The third-order valence-electron chi connectivity index (χ3n) is 6.02. The molecule has 3 rings (SSSR count). The zero-order chi connectivity index (χ0) is 28.1. The van der Waals surface area contributed by atoms with Gasteiger partial charge < -0.3 is 19.8 Å². The molecule has 0 aliphatic carbocycles. The molecule has 2 N–H and O–H groups in total. The summed E-state index contributed by atoms with van der Waals surface area (Å²) in [4.78, 5) is 38.8. The molecule has 0 aliphatic heterocycles. The topological polar surface area (TPSA) is 97.6 Å². The van der Waals surface area contributed by atoms with Crippen molar-refractivity contribution in [2.75, 3.05) is 7.05 Å². The summed E-state index contributed by atoms with van der Waals surface area (Å²) in [6.07, 6.45) is -0.229. The molecular formula is C31H38N2O5. The van der Waals surface area contributed by atoms with Crippen molar-refractivity contribution in [1.82, 2.24) is 10.6 Å². The Balaban J connectivity index is 1.89. The number of carbonyl (C=O) groups excluding carboxylic acids is 3. The molecule has 1 unspecified atom stereocenters. The second-order valence-electron chi connectivity index (χ2n) is 11.4. The molecule has 38 heavy (non-hydrogen) atoms. The number of esters is 1. The van der Waals surface area contributed by atoms with E-state index in [0.717, 1.165) is 16.7 Å². The van der Waals surface area contributed by atoms with E-state index in [1.807, 2.05) is 75.4 Å². The number of hydrogen-bond donors (Lipinski definition) is 2. The number of amides is 2. The summed E-state index contributed by atoms with van der Waals surface area (Å²) in [5.74, 6) is -1.42. The van der Waals surface area contributed by atoms with Gasteiger partial charge in [-0.25, -0.2) is 0 Å². The zero-order valence-corrected chi connectivity index (χ0v) is 23.3. The van der Waals surface area contributed by atoms with Gasteiger partial charge in [0.15, 0.2) is 0 Å². The van der Waals surface area contributed by atoms with E-state index >= 15 is 0 Å². The van der Waals surface area contributed by atoms with Crippen molar-refractivity contribution < 1.29 is 23.5 Å². The van der Waals surface area contributed by atoms with Crippen LogP contribution in [0.4, 0.5) is 0 Å². The third-order valence-corrected chi connectivity index (χ3v) is 6.02. The maximum Gasteiger partial charge on any atom is 0.307 e. The molecular weight excluding hydrogens is 480 g/mol. The Kier molecular flexibility index (Phi) is 8.82. The van der Waals surface area contributed by atoms with E-state index in [1.165, 1.54) is 7.05 Å². The lowest BCUT2D eigenvalue weighted by Gasteiger charge is -2.31. The smallest absolute Gasteiger partial charge is 0.307 e. The summed E-state index contributed by atoms with van der Waals surface area (Å²) in [5, 5.41) is 5.43. The second-order valence-corrected chi connectivity index (χ2v) is 11.4. The Morgan fingerprint density at radius 1 is 0.789 bits per heavy atom. The number of ether oxygens (including phenoxy) is 1. The van der Waals surface area contributed by atoms with Gasteiger partial charge in [0.2, 0.25) is 11.8 Å². The van der Waals surface area contributed by atoms with E-state index in [1.54, 1.807) is 32.9 Å². The minimum absolute atomic E-state index is 0.229. The van der Waals surface area contributed by atoms with Gasteiger partial charge >= 0.3 is 5.97 Å². The van der Waals surface area contributed by atoms with Crippen molar-refractivity contribution in [2.24, 2.45) is 5.41 Å². The van der Waals surface area contributed by atoms with Crippen LogP contribution >= 0.6 is 0 Å². The van der Waals surface area contributed by atoms with Crippen LogP contribution in [-0.2, 0) is 19.1 Å². The summed E-state index contributed by atoms with van der Waals surface area (Å²) in [7, 11) is 1.52. The van der Waals surface area contributed by atoms with Gasteiger partial charge in [0.1, 0.15) is 29.1 Å². The van der Waals surface area contributed by atoms with E-state index in [2.05, 4.69) is 10.6 Å². The molecule has 0 radical (unpaired) electrons. The molecule has 3 aromatic rings. The normalized spacial score (nSPS) is 13.3. The molecule has 0 fully saturated rings. The molecule has 1 aromatic heterocycles. The van der Waals surface area contributed by atoms with Gasteiger partial charge in [-0.2, -0.15) is 0 Å². The van der Waals surface area contributed by atoms with E-state index in [-0.39, 0.29) is 12.3 Å². The Morgan fingerprint density at radius 2 is 1.37 bits per heavy atom. The van der Waals surface area contributed by atoms with Crippen LogP contribution in [0.1, 0.15) is 59.6 Å². The number of furan rings is 1. The molecule has 7 heteroatoms. The average Bonchev–Trinajstić information content (AvgIpc) is 3.34. The van der Waals surface area contributed by atoms with E-state index in [4.69, 9.17) is 9.15 Å². The molecule has 0 spiro atoms. The summed E-state index contributed by atoms with van der Waals surface area (Å²) < 4.78 is 11.6. The highest BCUT2D eigenvalue weighted by Crippen LogP contribution is 2.31. The van der Waals surface area contributed by atoms with Crippen LogP contribution in [0, 0.1) is 5.41 Å². The molecule has 2 atom stereocenters. The van der Waals surface area contributed by atoms with Gasteiger partial charge in [-0.1, -0.05) is 75.4 Å². The van der Waals surface area contributed by atoms with Crippen molar-refractivity contribution >= 4 is 17.8 Å². The molecule has 202 valence electrons. The SMILES string of the molecule is CNC(=O)[C@@H](NC(=O)C(CC(=O)OC(C)(C)C)c1ccc(-c2ccc(-c3ccccc3)cc2)o1)C(C)(C)C. The first-order valence-electron chi connectivity index (χ1n) is 12.8. The second kappa shape index (κ2) is 11.7. The monoisotopic (exact) mass is 518 g/mol. The molecule has 0 saturated carbocycles. The lowest BCUT2D eigenvalue weighted by atomic mass is 9.85. The van der Waals surface area contributed by atoms with Crippen LogP contribution in [0.5, 0.6) is 0 Å². The van der Waals surface area contributed by atoms with Gasteiger partial charge in [0.25, 0.3) is 0 Å². The predicted octanol–water partition coefficient (Wildman–Crippen LogP) is 5.71. The first kappa shape index (κ1) is 28.7. The zero-order valence-electron chi connectivity index (χ0n) is 23.3. The lowest BCUT2D eigenvalue weighted by Crippen LogP contribution is -2.54. The van der Waals surface area contributed by atoms with Gasteiger partial charge in [-0.15, -0.1) is 0 Å².